The largest absolute Gasteiger partial charge is 0.508 e. The Hall–Kier alpha value is -3.38. The molecule has 0 saturated heterocycles. The van der Waals surface area contributed by atoms with Crippen LogP contribution in [0.1, 0.15) is 10.4 Å². The second kappa shape index (κ2) is 8.54. The Labute approximate surface area is 165 Å². The fourth-order valence-electron chi connectivity index (χ4n) is 2.45. The molecule has 0 aliphatic heterocycles. The Kier molecular flexibility index (Phi) is 5.91. The van der Waals surface area contributed by atoms with E-state index in [1.54, 1.807) is 48.5 Å². The van der Waals surface area contributed by atoms with E-state index in [1.807, 2.05) is 0 Å². The molecule has 7 heteroatoms. The van der Waals surface area contributed by atoms with Crippen molar-refractivity contribution < 1.29 is 23.8 Å². The van der Waals surface area contributed by atoms with Crippen LogP contribution in [-0.4, -0.2) is 23.6 Å². The standard InChI is InChI=1S/C21H15ClFNO4/c22-16-7-10-18(23)19(11-16)24-20(26)12-28-21(27)15-3-1-13(2-4-15)14-5-8-17(25)9-6-14/h1-11,25H,12H2,(H,24,26). The van der Waals surface area contributed by atoms with Crippen LogP contribution in [0, 0.1) is 5.82 Å². The van der Waals surface area contributed by atoms with Crippen molar-refractivity contribution in [2.24, 2.45) is 0 Å². The van der Waals surface area contributed by atoms with E-state index in [-0.39, 0.29) is 22.0 Å². The highest BCUT2D eigenvalue weighted by atomic mass is 35.5. The predicted octanol–water partition coefficient (Wildman–Crippen LogP) is 4.65. The Morgan fingerprint density at radius 3 is 2.21 bits per heavy atom. The van der Waals surface area contributed by atoms with Crippen molar-refractivity contribution in [2.75, 3.05) is 11.9 Å². The molecule has 2 N–H and O–H groups in total. The van der Waals surface area contributed by atoms with Crippen molar-refractivity contribution in [1.29, 1.82) is 0 Å². The van der Waals surface area contributed by atoms with Crippen LogP contribution in [0.2, 0.25) is 5.02 Å². The van der Waals surface area contributed by atoms with Crippen molar-refractivity contribution in [3.63, 3.8) is 0 Å². The van der Waals surface area contributed by atoms with Gasteiger partial charge in [-0.15, -0.1) is 0 Å². The van der Waals surface area contributed by atoms with E-state index in [0.29, 0.717) is 0 Å². The summed E-state index contributed by atoms with van der Waals surface area (Å²) in [5, 5.41) is 11.9. The number of hydrogen-bond acceptors (Lipinski definition) is 4. The second-order valence-electron chi connectivity index (χ2n) is 5.87. The third-order valence-corrected chi connectivity index (χ3v) is 4.09. The van der Waals surface area contributed by atoms with Crippen LogP contribution in [0.3, 0.4) is 0 Å². The molecule has 0 aliphatic carbocycles. The quantitative estimate of drug-likeness (QED) is 0.612. The number of hydrogen-bond donors (Lipinski definition) is 2. The molecule has 142 valence electrons. The Morgan fingerprint density at radius 1 is 0.964 bits per heavy atom. The second-order valence-corrected chi connectivity index (χ2v) is 6.31. The highest BCUT2D eigenvalue weighted by Crippen LogP contribution is 2.22. The summed E-state index contributed by atoms with van der Waals surface area (Å²) in [6, 6.07) is 17.0. The fourth-order valence-corrected chi connectivity index (χ4v) is 2.62. The van der Waals surface area contributed by atoms with Crippen LogP contribution >= 0.6 is 11.6 Å². The third kappa shape index (κ3) is 4.86. The van der Waals surface area contributed by atoms with Crippen LogP contribution < -0.4 is 5.32 Å². The summed E-state index contributed by atoms with van der Waals surface area (Å²) in [5.74, 6) is -1.84. The molecule has 0 aliphatic rings. The highest BCUT2D eigenvalue weighted by Gasteiger charge is 2.12. The summed E-state index contributed by atoms with van der Waals surface area (Å²) in [6.45, 7) is -0.565. The number of amides is 1. The topological polar surface area (TPSA) is 75.6 Å². The van der Waals surface area contributed by atoms with Gasteiger partial charge in [-0.1, -0.05) is 35.9 Å². The van der Waals surface area contributed by atoms with E-state index in [2.05, 4.69) is 5.32 Å². The molecule has 0 radical (unpaired) electrons. The van der Waals surface area contributed by atoms with Gasteiger partial charge in [0.2, 0.25) is 0 Å². The summed E-state index contributed by atoms with van der Waals surface area (Å²) in [5.41, 5.74) is 1.91. The molecule has 28 heavy (non-hydrogen) atoms. The Morgan fingerprint density at radius 2 is 1.57 bits per heavy atom. The maximum absolute atomic E-state index is 13.6. The van der Waals surface area contributed by atoms with Gasteiger partial charge in [0, 0.05) is 5.02 Å². The van der Waals surface area contributed by atoms with Gasteiger partial charge in [0.05, 0.1) is 11.3 Å². The molecular weight excluding hydrogens is 385 g/mol. The van der Waals surface area contributed by atoms with E-state index in [9.17, 15) is 19.1 Å². The molecule has 5 nitrogen and oxygen atoms in total. The molecule has 3 rings (SSSR count). The number of aromatic hydroxyl groups is 1. The first-order chi connectivity index (χ1) is 13.4. The van der Waals surface area contributed by atoms with Crippen molar-refractivity contribution >= 4 is 29.2 Å². The molecule has 0 bridgehead atoms. The fraction of sp³-hybridized carbons (Fsp3) is 0.0476. The average Bonchev–Trinajstić information content (AvgIpc) is 2.70. The molecular formula is C21H15ClFNO4. The number of carbonyl (C=O) groups excluding carboxylic acids is 2. The molecule has 0 aromatic heterocycles. The summed E-state index contributed by atoms with van der Waals surface area (Å²) in [7, 11) is 0. The summed E-state index contributed by atoms with van der Waals surface area (Å²) >= 11 is 5.76. The van der Waals surface area contributed by atoms with Crippen LogP contribution in [0.5, 0.6) is 5.75 Å². The van der Waals surface area contributed by atoms with Gasteiger partial charge >= 0.3 is 5.97 Å². The number of carbonyl (C=O) groups is 2. The van der Waals surface area contributed by atoms with Gasteiger partial charge in [-0.05, 0) is 53.6 Å². The highest BCUT2D eigenvalue weighted by molar-refractivity contribution is 6.30. The maximum Gasteiger partial charge on any atom is 0.338 e. The summed E-state index contributed by atoms with van der Waals surface area (Å²) in [6.07, 6.45) is 0. The minimum absolute atomic E-state index is 0.0909. The number of anilines is 1. The molecule has 0 saturated carbocycles. The molecule has 1 amide bonds. The monoisotopic (exact) mass is 399 g/mol. The van der Waals surface area contributed by atoms with Crippen LogP contribution in [0.25, 0.3) is 11.1 Å². The van der Waals surface area contributed by atoms with Crippen LogP contribution in [0.15, 0.2) is 66.7 Å². The van der Waals surface area contributed by atoms with Gasteiger partial charge < -0.3 is 15.2 Å². The lowest BCUT2D eigenvalue weighted by atomic mass is 10.0. The molecule has 0 spiro atoms. The van der Waals surface area contributed by atoms with Crippen molar-refractivity contribution in [2.45, 2.75) is 0 Å². The Bertz CT molecular complexity index is 1000. The lowest BCUT2D eigenvalue weighted by Crippen LogP contribution is -2.21. The van der Waals surface area contributed by atoms with Crippen molar-refractivity contribution in [3.05, 3.63) is 83.1 Å². The van der Waals surface area contributed by atoms with E-state index in [1.165, 1.54) is 12.1 Å². The van der Waals surface area contributed by atoms with Crippen molar-refractivity contribution in [1.82, 2.24) is 0 Å². The predicted molar refractivity (Wildman–Crippen MR) is 104 cm³/mol. The first kappa shape index (κ1) is 19.4. The van der Waals surface area contributed by atoms with E-state index in [4.69, 9.17) is 16.3 Å². The lowest BCUT2D eigenvalue weighted by molar-refractivity contribution is -0.119. The molecule has 3 aromatic rings. The Balaban J connectivity index is 1.58. The van der Waals surface area contributed by atoms with Gasteiger partial charge in [0.25, 0.3) is 5.91 Å². The number of phenolic OH excluding ortho intramolecular Hbond substituents is 1. The first-order valence-electron chi connectivity index (χ1n) is 8.24. The minimum Gasteiger partial charge on any atom is -0.508 e. The number of phenols is 1. The van der Waals surface area contributed by atoms with Gasteiger partial charge in [-0.3, -0.25) is 4.79 Å². The zero-order chi connectivity index (χ0) is 20.1. The number of ether oxygens (including phenoxy) is 1. The van der Waals surface area contributed by atoms with E-state index < -0.39 is 24.3 Å². The summed E-state index contributed by atoms with van der Waals surface area (Å²) in [4.78, 5) is 23.9. The van der Waals surface area contributed by atoms with Crippen LogP contribution in [-0.2, 0) is 9.53 Å². The number of benzene rings is 3. The molecule has 0 heterocycles. The van der Waals surface area contributed by atoms with Crippen molar-refractivity contribution in [3.8, 4) is 16.9 Å². The number of esters is 1. The third-order valence-electron chi connectivity index (χ3n) is 3.86. The summed E-state index contributed by atoms with van der Waals surface area (Å²) < 4.78 is 18.6. The van der Waals surface area contributed by atoms with E-state index in [0.717, 1.165) is 17.2 Å². The number of rotatable bonds is 5. The van der Waals surface area contributed by atoms with Gasteiger partial charge in [-0.25, -0.2) is 9.18 Å². The molecule has 0 unspecified atom stereocenters. The first-order valence-corrected chi connectivity index (χ1v) is 8.61. The normalized spacial score (nSPS) is 10.4. The molecule has 0 fully saturated rings. The van der Waals surface area contributed by atoms with Gasteiger partial charge in [0.1, 0.15) is 11.6 Å². The number of halogens is 2. The van der Waals surface area contributed by atoms with Crippen LogP contribution in [0.4, 0.5) is 10.1 Å². The smallest absolute Gasteiger partial charge is 0.338 e. The maximum atomic E-state index is 13.6. The zero-order valence-electron chi connectivity index (χ0n) is 14.5. The van der Waals surface area contributed by atoms with Gasteiger partial charge in [0.15, 0.2) is 6.61 Å². The lowest BCUT2D eigenvalue weighted by Gasteiger charge is -2.08. The number of nitrogens with one attached hydrogen (secondary N) is 1. The van der Waals surface area contributed by atoms with Gasteiger partial charge in [-0.2, -0.15) is 0 Å². The molecule has 3 aromatic carbocycles. The van der Waals surface area contributed by atoms with E-state index >= 15 is 0 Å². The zero-order valence-corrected chi connectivity index (χ0v) is 15.2. The minimum atomic E-state index is -0.685. The average molecular weight is 400 g/mol. The SMILES string of the molecule is O=C(COC(=O)c1ccc(-c2ccc(O)cc2)cc1)Nc1cc(Cl)ccc1F. The molecule has 0 atom stereocenters.